The first-order valence-electron chi connectivity index (χ1n) is 11.6. The molecule has 0 bridgehead atoms. The second-order valence-electron chi connectivity index (χ2n) is 9.85. The molecule has 0 aromatic carbocycles. The number of carbonyl (C=O) groups is 3. The Morgan fingerprint density at radius 2 is 1.88 bits per heavy atom. The van der Waals surface area contributed by atoms with Gasteiger partial charge >= 0.3 is 17.9 Å². The highest BCUT2D eigenvalue weighted by atomic mass is 16.6. The van der Waals surface area contributed by atoms with Crippen molar-refractivity contribution in [2.75, 3.05) is 6.61 Å². The monoisotopic (exact) mass is 464 g/mol. The highest BCUT2D eigenvalue weighted by molar-refractivity contribution is 5.83. The third-order valence-electron chi connectivity index (χ3n) is 7.44. The minimum absolute atomic E-state index is 0.208. The minimum atomic E-state index is -1.06. The van der Waals surface area contributed by atoms with Crippen LogP contribution in [0.15, 0.2) is 23.8 Å². The molecular formula is C25H36O8. The van der Waals surface area contributed by atoms with Gasteiger partial charge in [-0.05, 0) is 51.0 Å². The van der Waals surface area contributed by atoms with Gasteiger partial charge in [-0.15, -0.1) is 0 Å². The number of allylic oxidation sites excluding steroid dienone is 1. The van der Waals surface area contributed by atoms with Crippen LogP contribution in [-0.4, -0.2) is 59.6 Å². The Morgan fingerprint density at radius 1 is 1.24 bits per heavy atom. The summed E-state index contributed by atoms with van der Waals surface area (Å²) in [5.74, 6) is -2.62. The summed E-state index contributed by atoms with van der Waals surface area (Å²) in [6, 6.07) is 0. The van der Waals surface area contributed by atoms with Crippen molar-refractivity contribution in [3.8, 4) is 0 Å². The fourth-order valence-electron chi connectivity index (χ4n) is 5.79. The van der Waals surface area contributed by atoms with Gasteiger partial charge in [0, 0.05) is 31.8 Å². The lowest BCUT2D eigenvalue weighted by molar-refractivity contribution is -0.166. The molecule has 1 saturated heterocycles. The van der Waals surface area contributed by atoms with Crippen molar-refractivity contribution < 1.29 is 38.4 Å². The molecule has 1 heterocycles. The van der Waals surface area contributed by atoms with Crippen LogP contribution >= 0.6 is 0 Å². The SMILES string of the molecule is C=C1C2CC(OC(C)=O)C(C(C)OC(C)=O)C2C(C2(C)CO2)C(O)C1OC(=O)C=C(C)CC. The van der Waals surface area contributed by atoms with Gasteiger partial charge in [0.15, 0.2) is 0 Å². The highest BCUT2D eigenvalue weighted by Gasteiger charge is 2.66. The number of hydrogen-bond donors (Lipinski definition) is 1. The maximum absolute atomic E-state index is 12.5. The Bertz CT molecular complexity index is 841. The highest BCUT2D eigenvalue weighted by Crippen LogP contribution is 2.59. The van der Waals surface area contributed by atoms with E-state index >= 15 is 0 Å². The van der Waals surface area contributed by atoms with Gasteiger partial charge < -0.3 is 24.1 Å². The summed E-state index contributed by atoms with van der Waals surface area (Å²) in [6.45, 7) is 14.8. The predicted molar refractivity (Wildman–Crippen MR) is 119 cm³/mol. The fraction of sp³-hybridized carbons (Fsp3) is 0.720. The van der Waals surface area contributed by atoms with E-state index < -0.39 is 53.8 Å². The van der Waals surface area contributed by atoms with Gasteiger partial charge in [-0.25, -0.2) is 4.79 Å². The zero-order valence-electron chi connectivity index (χ0n) is 20.3. The van der Waals surface area contributed by atoms with E-state index in [0.29, 0.717) is 25.0 Å². The molecule has 9 unspecified atom stereocenters. The number of carbonyl (C=O) groups excluding carboxylic acids is 3. The Hall–Kier alpha value is -2.19. The first kappa shape index (κ1) is 25.4. The van der Waals surface area contributed by atoms with Crippen LogP contribution in [0.25, 0.3) is 0 Å². The molecule has 9 atom stereocenters. The van der Waals surface area contributed by atoms with Gasteiger partial charge in [0.2, 0.25) is 0 Å². The summed E-state index contributed by atoms with van der Waals surface area (Å²) >= 11 is 0. The van der Waals surface area contributed by atoms with E-state index in [4.69, 9.17) is 18.9 Å². The van der Waals surface area contributed by atoms with E-state index in [9.17, 15) is 19.5 Å². The van der Waals surface area contributed by atoms with Crippen LogP contribution in [-0.2, 0) is 33.3 Å². The average molecular weight is 465 g/mol. The van der Waals surface area contributed by atoms with Gasteiger partial charge in [0.1, 0.15) is 24.4 Å². The van der Waals surface area contributed by atoms with Crippen LogP contribution in [0.5, 0.6) is 0 Å². The van der Waals surface area contributed by atoms with E-state index in [1.54, 1.807) is 6.92 Å². The third-order valence-corrected chi connectivity index (χ3v) is 7.44. The molecule has 1 aliphatic heterocycles. The normalized spacial score (nSPS) is 38.8. The van der Waals surface area contributed by atoms with Crippen molar-refractivity contribution in [1.29, 1.82) is 0 Å². The van der Waals surface area contributed by atoms with Crippen molar-refractivity contribution in [3.05, 3.63) is 23.8 Å². The smallest absolute Gasteiger partial charge is 0.331 e. The molecular weight excluding hydrogens is 428 g/mol. The zero-order chi connectivity index (χ0) is 24.7. The zero-order valence-corrected chi connectivity index (χ0v) is 20.3. The van der Waals surface area contributed by atoms with Gasteiger partial charge in [0.05, 0.1) is 12.2 Å². The lowest BCUT2D eigenvalue weighted by Gasteiger charge is -2.47. The lowest BCUT2D eigenvalue weighted by atomic mass is 9.61. The molecule has 3 aliphatic rings. The molecule has 1 N–H and O–H groups in total. The number of esters is 3. The number of aliphatic hydroxyl groups excluding tert-OH is 1. The maximum atomic E-state index is 12.5. The van der Waals surface area contributed by atoms with Crippen molar-refractivity contribution in [3.63, 3.8) is 0 Å². The number of rotatable bonds is 7. The van der Waals surface area contributed by atoms with E-state index in [1.165, 1.54) is 19.9 Å². The van der Waals surface area contributed by atoms with Crippen LogP contribution in [0.4, 0.5) is 0 Å². The second kappa shape index (κ2) is 9.58. The van der Waals surface area contributed by atoms with E-state index in [0.717, 1.165) is 5.57 Å². The van der Waals surface area contributed by atoms with E-state index in [1.807, 2.05) is 20.8 Å². The quantitative estimate of drug-likeness (QED) is 0.201. The van der Waals surface area contributed by atoms with E-state index in [-0.39, 0.29) is 17.8 Å². The van der Waals surface area contributed by atoms with Crippen LogP contribution in [0.2, 0.25) is 0 Å². The standard InChI is InChI=1S/C25H36O8/c1-8-12(2)9-19(28)33-24-13(3)17-10-18(32-16(6)27)20(14(4)31-15(5)26)21(17)22(23(24)29)25(7)11-30-25/h9,14,17-18,20-24,29H,3,8,10-11H2,1-2,4-7H3. The molecule has 2 saturated carbocycles. The Labute approximate surface area is 195 Å². The molecule has 3 rings (SSSR count). The number of hydrogen-bond acceptors (Lipinski definition) is 8. The molecule has 0 amide bonds. The molecule has 0 aromatic rings. The topological polar surface area (TPSA) is 112 Å². The van der Waals surface area contributed by atoms with Crippen molar-refractivity contribution in [1.82, 2.24) is 0 Å². The molecule has 33 heavy (non-hydrogen) atoms. The van der Waals surface area contributed by atoms with Crippen LogP contribution in [0.3, 0.4) is 0 Å². The molecule has 0 spiro atoms. The van der Waals surface area contributed by atoms with Gasteiger partial charge in [-0.1, -0.05) is 19.1 Å². The molecule has 184 valence electrons. The van der Waals surface area contributed by atoms with Crippen molar-refractivity contribution >= 4 is 17.9 Å². The van der Waals surface area contributed by atoms with Crippen LogP contribution in [0.1, 0.15) is 54.4 Å². The number of aliphatic hydroxyl groups is 1. The first-order valence-corrected chi connectivity index (χ1v) is 11.6. The number of epoxide rings is 1. The molecule has 8 heteroatoms. The van der Waals surface area contributed by atoms with Gasteiger partial charge in [0.25, 0.3) is 0 Å². The van der Waals surface area contributed by atoms with Crippen LogP contribution < -0.4 is 0 Å². The Balaban J connectivity index is 1.98. The summed E-state index contributed by atoms with van der Waals surface area (Å²) < 4.78 is 22.6. The van der Waals surface area contributed by atoms with Crippen LogP contribution in [0, 0.1) is 23.7 Å². The largest absolute Gasteiger partial charge is 0.462 e. The number of ether oxygens (including phenoxy) is 4. The molecule has 2 aliphatic carbocycles. The van der Waals surface area contributed by atoms with Gasteiger partial charge in [-0.2, -0.15) is 0 Å². The summed E-state index contributed by atoms with van der Waals surface area (Å²) in [5.41, 5.74) is 0.829. The summed E-state index contributed by atoms with van der Waals surface area (Å²) in [5, 5.41) is 11.5. The van der Waals surface area contributed by atoms with E-state index in [2.05, 4.69) is 6.58 Å². The minimum Gasteiger partial charge on any atom is -0.462 e. The molecule has 3 fully saturated rings. The predicted octanol–water partition coefficient (Wildman–Crippen LogP) is 2.73. The number of fused-ring (bicyclic) bond motifs is 1. The average Bonchev–Trinajstić information content (AvgIpc) is 3.33. The molecule has 0 aromatic heterocycles. The van der Waals surface area contributed by atoms with Gasteiger partial charge in [-0.3, -0.25) is 9.59 Å². The summed E-state index contributed by atoms with van der Waals surface area (Å²) in [6.07, 6.45) is -0.477. The second-order valence-corrected chi connectivity index (χ2v) is 9.85. The van der Waals surface area contributed by atoms with Crippen molar-refractivity contribution in [2.45, 2.75) is 84.4 Å². The Kier molecular flexibility index (Phi) is 7.39. The lowest BCUT2D eigenvalue weighted by Crippen LogP contribution is -2.55. The van der Waals surface area contributed by atoms with Crippen molar-refractivity contribution in [2.24, 2.45) is 23.7 Å². The Morgan fingerprint density at radius 3 is 2.39 bits per heavy atom. The fourth-order valence-corrected chi connectivity index (χ4v) is 5.79. The maximum Gasteiger partial charge on any atom is 0.331 e. The molecule has 8 nitrogen and oxygen atoms in total. The summed E-state index contributed by atoms with van der Waals surface area (Å²) in [4.78, 5) is 36.1. The molecule has 0 radical (unpaired) electrons. The first-order chi connectivity index (χ1) is 15.4. The summed E-state index contributed by atoms with van der Waals surface area (Å²) in [7, 11) is 0. The third kappa shape index (κ3) is 5.17.